The molecule has 3 aliphatic rings. The predicted molar refractivity (Wildman–Crippen MR) is 134 cm³/mol. The molecule has 3 atom stereocenters. The topological polar surface area (TPSA) is 140 Å². The summed E-state index contributed by atoms with van der Waals surface area (Å²) < 4.78 is 5.65. The van der Waals surface area contributed by atoms with Crippen molar-refractivity contribution in [1.29, 1.82) is 0 Å². The molecular weight excluding hydrogens is 446 g/mol. The van der Waals surface area contributed by atoms with Gasteiger partial charge in [0.15, 0.2) is 0 Å². The third kappa shape index (κ3) is 4.27. The number of aromatic nitrogens is 4. The van der Waals surface area contributed by atoms with Crippen LogP contribution in [-0.2, 0) is 16.0 Å². The van der Waals surface area contributed by atoms with Gasteiger partial charge < -0.3 is 30.9 Å². The summed E-state index contributed by atoms with van der Waals surface area (Å²) >= 11 is 0. The van der Waals surface area contributed by atoms with Gasteiger partial charge in [-0.1, -0.05) is 6.92 Å². The molecule has 4 N–H and O–H groups in total. The Bertz CT molecular complexity index is 1100. The second kappa shape index (κ2) is 9.19. The van der Waals surface area contributed by atoms with Gasteiger partial charge in [-0.15, -0.1) is 0 Å². The second-order valence-corrected chi connectivity index (χ2v) is 10.0. The summed E-state index contributed by atoms with van der Waals surface area (Å²) in [5, 5.41) is 0. The fourth-order valence-corrected chi connectivity index (χ4v) is 5.38. The third-order valence-electron chi connectivity index (χ3n) is 7.56. The molecule has 1 amide bonds. The summed E-state index contributed by atoms with van der Waals surface area (Å²) in [4.78, 5) is 37.8. The largest absolute Gasteiger partial charge is 0.377 e. The molecule has 3 aliphatic heterocycles. The van der Waals surface area contributed by atoms with Crippen LogP contribution < -0.4 is 21.3 Å². The van der Waals surface area contributed by atoms with E-state index < -0.39 is 6.04 Å². The van der Waals surface area contributed by atoms with Crippen molar-refractivity contribution in [2.24, 2.45) is 5.73 Å². The van der Waals surface area contributed by atoms with E-state index in [0.717, 1.165) is 48.6 Å². The van der Waals surface area contributed by atoms with Gasteiger partial charge in [-0.3, -0.25) is 4.79 Å². The number of morpholine rings is 1. The molecule has 5 rings (SSSR count). The normalized spacial score (nSPS) is 25.1. The van der Waals surface area contributed by atoms with Gasteiger partial charge in [-0.2, -0.15) is 4.98 Å². The third-order valence-corrected chi connectivity index (χ3v) is 7.56. The van der Waals surface area contributed by atoms with Crippen molar-refractivity contribution >= 4 is 23.6 Å². The van der Waals surface area contributed by atoms with E-state index in [4.69, 9.17) is 26.2 Å². The zero-order valence-corrected chi connectivity index (χ0v) is 20.8. The van der Waals surface area contributed by atoms with Crippen LogP contribution in [-0.4, -0.2) is 87.8 Å². The number of anilines is 3. The number of nitrogens with zero attached hydrogens (tertiary/aromatic N) is 7. The molecular formula is C24H35N9O2. The van der Waals surface area contributed by atoms with Crippen LogP contribution in [0, 0.1) is 0 Å². The summed E-state index contributed by atoms with van der Waals surface area (Å²) in [6.07, 6.45) is 5.77. The Labute approximate surface area is 205 Å². The molecule has 0 aromatic carbocycles. The molecule has 0 aliphatic carbocycles. The Morgan fingerprint density at radius 3 is 2.74 bits per heavy atom. The van der Waals surface area contributed by atoms with E-state index >= 15 is 0 Å². The number of rotatable bonds is 5. The second-order valence-electron chi connectivity index (χ2n) is 10.0. The van der Waals surface area contributed by atoms with Gasteiger partial charge >= 0.3 is 0 Å². The lowest BCUT2D eigenvalue weighted by molar-refractivity contribution is -0.131. The first-order valence-corrected chi connectivity index (χ1v) is 12.5. The van der Waals surface area contributed by atoms with Crippen LogP contribution >= 0.6 is 0 Å². The minimum Gasteiger partial charge on any atom is -0.377 e. The number of nitrogen functional groups attached to an aromatic ring is 1. The molecule has 0 spiro atoms. The Hall–Kier alpha value is -3.05. The maximum absolute atomic E-state index is 12.8. The Kier molecular flexibility index (Phi) is 6.22. The van der Waals surface area contributed by atoms with Gasteiger partial charge in [-0.25, -0.2) is 15.0 Å². The van der Waals surface area contributed by atoms with Crippen LogP contribution in [0.25, 0.3) is 11.3 Å². The zero-order valence-electron chi connectivity index (χ0n) is 20.8. The first kappa shape index (κ1) is 23.7. The maximum atomic E-state index is 12.8. The van der Waals surface area contributed by atoms with E-state index in [2.05, 4.69) is 33.6 Å². The van der Waals surface area contributed by atoms with Crippen molar-refractivity contribution in [1.82, 2.24) is 24.8 Å². The molecule has 35 heavy (non-hydrogen) atoms. The summed E-state index contributed by atoms with van der Waals surface area (Å²) in [7, 11) is 0. The SMILES string of the molecule is CC[C@@H](N)C(=O)N1CC[C@](C)(N2CCc3c(-c4cnc(N)nc4)nc(N4CCOC[C@@H]4C)nc32)C1. The molecule has 0 saturated carbocycles. The molecule has 0 bridgehead atoms. The van der Waals surface area contributed by atoms with E-state index in [-0.39, 0.29) is 23.4 Å². The standard InChI is InChI=1S/C24H35N9O2/c1-4-18(25)21(34)31-8-6-24(3,14-31)33-7-5-17-19(16-11-27-22(26)28-12-16)29-23(30-20(17)33)32-9-10-35-13-15(32)2/h11-12,15,18H,4-10,13-14,25H2,1-3H3,(H2,26,27,28)/t15-,18+,24-/m0/s1. The summed E-state index contributed by atoms with van der Waals surface area (Å²) in [6.45, 7) is 10.4. The van der Waals surface area contributed by atoms with Gasteiger partial charge in [0.1, 0.15) is 5.82 Å². The monoisotopic (exact) mass is 481 g/mol. The van der Waals surface area contributed by atoms with Crippen molar-refractivity contribution in [2.45, 2.75) is 57.7 Å². The fraction of sp³-hybridized carbons (Fsp3) is 0.625. The molecule has 2 aromatic rings. The van der Waals surface area contributed by atoms with E-state index in [1.807, 2.05) is 11.8 Å². The molecule has 0 radical (unpaired) electrons. The molecule has 5 heterocycles. The number of hydrogen-bond acceptors (Lipinski definition) is 10. The quantitative estimate of drug-likeness (QED) is 0.631. The highest BCUT2D eigenvalue weighted by atomic mass is 16.5. The summed E-state index contributed by atoms with van der Waals surface area (Å²) in [5.74, 6) is 1.87. The average Bonchev–Trinajstić information content (AvgIpc) is 3.48. The lowest BCUT2D eigenvalue weighted by Crippen LogP contribution is -2.50. The van der Waals surface area contributed by atoms with Gasteiger partial charge in [0.05, 0.1) is 36.5 Å². The van der Waals surface area contributed by atoms with Crippen molar-refractivity contribution in [3.05, 3.63) is 18.0 Å². The summed E-state index contributed by atoms with van der Waals surface area (Å²) in [5.41, 5.74) is 14.3. The van der Waals surface area contributed by atoms with E-state index in [1.54, 1.807) is 12.4 Å². The number of nitrogens with two attached hydrogens (primary N) is 2. The number of hydrogen-bond donors (Lipinski definition) is 2. The molecule has 188 valence electrons. The number of ether oxygens (including phenoxy) is 1. The predicted octanol–water partition coefficient (Wildman–Crippen LogP) is 0.832. The van der Waals surface area contributed by atoms with Gasteiger partial charge in [0, 0.05) is 49.7 Å². The van der Waals surface area contributed by atoms with Crippen molar-refractivity contribution in [2.75, 3.05) is 54.9 Å². The fourth-order valence-electron chi connectivity index (χ4n) is 5.38. The van der Waals surface area contributed by atoms with Crippen LogP contribution in [0.5, 0.6) is 0 Å². The number of carbonyl (C=O) groups excluding carboxylic acids is 1. The lowest BCUT2D eigenvalue weighted by atomic mass is 9.99. The first-order valence-electron chi connectivity index (χ1n) is 12.5. The van der Waals surface area contributed by atoms with Crippen LogP contribution in [0.4, 0.5) is 17.7 Å². The molecule has 2 aromatic heterocycles. The Balaban J connectivity index is 1.54. The Morgan fingerprint density at radius 2 is 2.03 bits per heavy atom. The van der Waals surface area contributed by atoms with Gasteiger partial charge in [-0.05, 0) is 33.1 Å². The minimum atomic E-state index is -0.447. The molecule has 2 fully saturated rings. The van der Waals surface area contributed by atoms with E-state index in [0.29, 0.717) is 38.7 Å². The van der Waals surface area contributed by atoms with E-state index in [1.165, 1.54) is 0 Å². The number of carbonyl (C=O) groups is 1. The molecule has 11 heteroatoms. The average molecular weight is 482 g/mol. The maximum Gasteiger partial charge on any atom is 0.239 e. The zero-order chi connectivity index (χ0) is 24.7. The Morgan fingerprint density at radius 1 is 1.26 bits per heavy atom. The molecule has 11 nitrogen and oxygen atoms in total. The smallest absolute Gasteiger partial charge is 0.239 e. The summed E-state index contributed by atoms with van der Waals surface area (Å²) in [6, 6.07) is -0.282. The van der Waals surface area contributed by atoms with E-state index in [9.17, 15) is 4.79 Å². The van der Waals surface area contributed by atoms with Gasteiger partial charge in [0.2, 0.25) is 17.8 Å². The highest BCUT2D eigenvalue weighted by molar-refractivity contribution is 5.82. The first-order chi connectivity index (χ1) is 16.8. The highest BCUT2D eigenvalue weighted by Gasteiger charge is 2.45. The van der Waals surface area contributed by atoms with Gasteiger partial charge in [0.25, 0.3) is 0 Å². The molecule has 2 saturated heterocycles. The number of likely N-dealkylation sites (tertiary alicyclic amines) is 1. The highest BCUT2D eigenvalue weighted by Crippen LogP contribution is 2.41. The van der Waals surface area contributed by atoms with Crippen LogP contribution in [0.3, 0.4) is 0 Å². The van der Waals surface area contributed by atoms with Crippen LogP contribution in [0.2, 0.25) is 0 Å². The van der Waals surface area contributed by atoms with Crippen LogP contribution in [0.1, 0.15) is 39.2 Å². The van der Waals surface area contributed by atoms with Crippen molar-refractivity contribution < 1.29 is 9.53 Å². The van der Waals surface area contributed by atoms with Crippen LogP contribution in [0.15, 0.2) is 12.4 Å². The number of fused-ring (bicyclic) bond motifs is 1. The molecule has 0 unspecified atom stereocenters. The van der Waals surface area contributed by atoms with Crippen molar-refractivity contribution in [3.8, 4) is 11.3 Å². The minimum absolute atomic E-state index is 0.0286. The number of amides is 1. The van der Waals surface area contributed by atoms with Crippen molar-refractivity contribution in [3.63, 3.8) is 0 Å². The lowest BCUT2D eigenvalue weighted by Gasteiger charge is -2.38.